The first-order valence-electron chi connectivity index (χ1n) is 14.5. The third-order valence-electron chi connectivity index (χ3n) is 7.64. The lowest BCUT2D eigenvalue weighted by atomic mass is 9.87. The van der Waals surface area contributed by atoms with Gasteiger partial charge in [0.15, 0.2) is 0 Å². The highest BCUT2D eigenvalue weighted by atomic mass is 16.6. The Bertz CT molecular complexity index is 1290. The van der Waals surface area contributed by atoms with Crippen LogP contribution in [0, 0.1) is 22.7 Å². The monoisotopic (exact) mass is 575 g/mol. The topological polar surface area (TPSA) is 144 Å². The number of aliphatic hydroxyl groups excluding tert-OH is 1. The standard InChI is InChI=1S/C32H41N5O5/c1-32(2,3)18-25(29(39)35-24(19-33)16-23-13-9-15-34-28(23)38)36-30(40)27-17-22-12-7-8-14-26(22)37(27)31(41)42-20-21-10-5-4-6-11-21/h4-8,10-12,14,23-25,27,31,41H,9,13,15-18,20H2,1-3H3,(H,34,38)(H,35,39)(H,36,40)/t23-,24-,25-,27+,31?/m0/s1. The Morgan fingerprint density at radius 3 is 2.55 bits per heavy atom. The van der Waals surface area contributed by atoms with E-state index in [0.29, 0.717) is 31.5 Å². The number of carbonyl (C=O) groups is 3. The molecule has 2 heterocycles. The average Bonchev–Trinajstić information content (AvgIpc) is 3.36. The van der Waals surface area contributed by atoms with Gasteiger partial charge in [0.05, 0.1) is 12.7 Å². The number of anilines is 1. The van der Waals surface area contributed by atoms with Crippen molar-refractivity contribution in [1.29, 1.82) is 5.26 Å². The molecular weight excluding hydrogens is 534 g/mol. The molecule has 2 aromatic carbocycles. The predicted molar refractivity (Wildman–Crippen MR) is 158 cm³/mol. The number of piperidine rings is 1. The lowest BCUT2D eigenvalue weighted by Gasteiger charge is -2.33. The summed E-state index contributed by atoms with van der Waals surface area (Å²) in [6.45, 7) is 6.66. The minimum Gasteiger partial charge on any atom is -0.356 e. The summed E-state index contributed by atoms with van der Waals surface area (Å²) in [6.07, 6.45) is 0.945. The minimum absolute atomic E-state index is 0.107. The molecule has 0 aliphatic carbocycles. The first-order valence-corrected chi connectivity index (χ1v) is 14.5. The van der Waals surface area contributed by atoms with Gasteiger partial charge in [0.1, 0.15) is 18.1 Å². The van der Waals surface area contributed by atoms with E-state index in [1.54, 1.807) is 4.90 Å². The molecule has 10 heteroatoms. The zero-order chi connectivity index (χ0) is 30.3. The average molecular weight is 576 g/mol. The molecule has 0 radical (unpaired) electrons. The molecule has 5 atom stereocenters. The molecule has 42 heavy (non-hydrogen) atoms. The molecule has 3 amide bonds. The zero-order valence-electron chi connectivity index (χ0n) is 24.5. The summed E-state index contributed by atoms with van der Waals surface area (Å²) in [7, 11) is 0. The molecular formula is C32H41N5O5. The predicted octanol–water partition coefficient (Wildman–Crippen LogP) is 2.76. The maximum atomic E-state index is 13.8. The van der Waals surface area contributed by atoms with Gasteiger partial charge in [0.25, 0.3) is 0 Å². The highest BCUT2D eigenvalue weighted by molar-refractivity contribution is 5.93. The normalized spacial score (nSPS) is 20.5. The molecule has 1 saturated heterocycles. The number of nitrogens with one attached hydrogen (secondary N) is 3. The molecule has 2 aliphatic heterocycles. The lowest BCUT2D eigenvalue weighted by Crippen LogP contribution is -2.57. The summed E-state index contributed by atoms with van der Waals surface area (Å²) in [6, 6.07) is 16.4. The number of aliphatic hydroxyl groups is 1. The highest BCUT2D eigenvalue weighted by Gasteiger charge is 2.40. The summed E-state index contributed by atoms with van der Waals surface area (Å²) < 4.78 is 5.78. The molecule has 1 fully saturated rings. The number of nitrogens with zero attached hydrogens (tertiary/aromatic N) is 2. The van der Waals surface area contributed by atoms with Crippen LogP contribution in [0.2, 0.25) is 0 Å². The van der Waals surface area contributed by atoms with E-state index in [1.807, 2.05) is 75.4 Å². The summed E-state index contributed by atoms with van der Waals surface area (Å²) in [4.78, 5) is 41.1. The number of benzene rings is 2. The first-order chi connectivity index (χ1) is 20.1. The van der Waals surface area contributed by atoms with Gasteiger partial charge in [-0.3, -0.25) is 14.4 Å². The van der Waals surface area contributed by atoms with E-state index in [-0.39, 0.29) is 30.3 Å². The van der Waals surface area contributed by atoms with Crippen molar-refractivity contribution in [3.05, 3.63) is 65.7 Å². The quantitative estimate of drug-likeness (QED) is 0.302. The van der Waals surface area contributed by atoms with Crippen molar-refractivity contribution in [2.24, 2.45) is 11.3 Å². The first kappa shape index (κ1) is 31.0. The molecule has 0 spiro atoms. The Balaban J connectivity index is 1.48. The van der Waals surface area contributed by atoms with Crippen molar-refractivity contribution in [2.75, 3.05) is 11.4 Å². The second-order valence-electron chi connectivity index (χ2n) is 12.3. The zero-order valence-corrected chi connectivity index (χ0v) is 24.5. The van der Waals surface area contributed by atoms with Gasteiger partial charge in [-0.1, -0.05) is 69.3 Å². The van der Waals surface area contributed by atoms with Crippen molar-refractivity contribution < 1.29 is 24.2 Å². The van der Waals surface area contributed by atoms with Crippen LogP contribution >= 0.6 is 0 Å². The van der Waals surface area contributed by atoms with Crippen molar-refractivity contribution in [1.82, 2.24) is 16.0 Å². The van der Waals surface area contributed by atoms with Gasteiger partial charge in [-0.2, -0.15) is 5.26 Å². The second kappa shape index (κ2) is 13.8. The van der Waals surface area contributed by atoms with Gasteiger partial charge in [-0.15, -0.1) is 0 Å². The number of amides is 3. The fraction of sp³-hybridized carbons (Fsp3) is 0.500. The SMILES string of the molecule is CC(C)(C)C[C@H](NC(=O)[C@H]1Cc2ccccc2N1C(O)OCc1ccccc1)C(=O)N[C@H](C#N)C[C@@H]1CCCNC1=O. The summed E-state index contributed by atoms with van der Waals surface area (Å²) in [5.41, 5.74) is 2.12. The van der Waals surface area contributed by atoms with Crippen LogP contribution in [0.1, 0.15) is 57.6 Å². The van der Waals surface area contributed by atoms with Crippen LogP contribution < -0.4 is 20.9 Å². The molecule has 1 unspecified atom stereocenters. The Morgan fingerprint density at radius 2 is 1.86 bits per heavy atom. The Morgan fingerprint density at radius 1 is 1.14 bits per heavy atom. The molecule has 0 aromatic heterocycles. The molecule has 2 aliphatic rings. The van der Waals surface area contributed by atoms with Gasteiger partial charge in [0, 0.05) is 24.6 Å². The maximum absolute atomic E-state index is 13.8. The van der Waals surface area contributed by atoms with E-state index in [0.717, 1.165) is 17.5 Å². The van der Waals surface area contributed by atoms with Crippen molar-refractivity contribution >= 4 is 23.4 Å². The Labute approximate surface area is 247 Å². The third kappa shape index (κ3) is 8.08. The van der Waals surface area contributed by atoms with Crippen molar-refractivity contribution in [3.63, 3.8) is 0 Å². The van der Waals surface area contributed by atoms with Crippen LogP contribution in [0.3, 0.4) is 0 Å². The fourth-order valence-corrected chi connectivity index (χ4v) is 5.58. The largest absolute Gasteiger partial charge is 0.356 e. The Kier molecular flexibility index (Phi) is 10.2. The molecule has 4 rings (SSSR count). The fourth-order valence-electron chi connectivity index (χ4n) is 5.58. The number of hydrogen-bond acceptors (Lipinski definition) is 7. The van der Waals surface area contributed by atoms with Gasteiger partial charge in [-0.05, 0) is 48.3 Å². The van der Waals surface area contributed by atoms with Crippen LogP contribution in [-0.4, -0.2) is 53.9 Å². The number of para-hydroxylation sites is 1. The Hall–Kier alpha value is -3.94. The summed E-state index contributed by atoms with van der Waals surface area (Å²) >= 11 is 0. The van der Waals surface area contributed by atoms with Gasteiger partial charge in [0.2, 0.25) is 24.1 Å². The van der Waals surface area contributed by atoms with Gasteiger partial charge < -0.3 is 30.7 Å². The van der Waals surface area contributed by atoms with Crippen molar-refractivity contribution in [2.45, 2.75) is 84.0 Å². The smallest absolute Gasteiger partial charge is 0.243 e. The van der Waals surface area contributed by atoms with Crippen LogP contribution in [0.25, 0.3) is 0 Å². The number of rotatable bonds is 11. The molecule has 4 N–H and O–H groups in total. The highest BCUT2D eigenvalue weighted by Crippen LogP contribution is 2.34. The maximum Gasteiger partial charge on any atom is 0.243 e. The number of hydrogen-bond donors (Lipinski definition) is 4. The number of ether oxygens (including phenoxy) is 1. The van der Waals surface area contributed by atoms with E-state index in [4.69, 9.17) is 4.74 Å². The minimum atomic E-state index is -1.40. The summed E-state index contributed by atoms with van der Waals surface area (Å²) in [5.74, 6) is -1.37. The van der Waals surface area contributed by atoms with Crippen LogP contribution in [0.15, 0.2) is 54.6 Å². The van der Waals surface area contributed by atoms with Gasteiger partial charge >= 0.3 is 0 Å². The molecule has 10 nitrogen and oxygen atoms in total. The number of fused-ring (bicyclic) bond motifs is 1. The summed E-state index contributed by atoms with van der Waals surface area (Å²) in [5, 5.41) is 29.3. The molecule has 2 aromatic rings. The molecule has 0 bridgehead atoms. The lowest BCUT2D eigenvalue weighted by molar-refractivity contribution is -0.135. The van der Waals surface area contributed by atoms with Crippen LogP contribution in [0.5, 0.6) is 0 Å². The number of carbonyl (C=O) groups excluding carboxylic acids is 3. The molecule has 0 saturated carbocycles. The van der Waals surface area contributed by atoms with E-state index in [9.17, 15) is 24.8 Å². The van der Waals surface area contributed by atoms with E-state index in [2.05, 4.69) is 22.0 Å². The number of nitriles is 1. The third-order valence-corrected chi connectivity index (χ3v) is 7.64. The van der Waals surface area contributed by atoms with E-state index < -0.39 is 36.4 Å². The molecule has 224 valence electrons. The van der Waals surface area contributed by atoms with Crippen LogP contribution in [0.4, 0.5) is 5.69 Å². The van der Waals surface area contributed by atoms with E-state index in [1.165, 1.54) is 0 Å². The van der Waals surface area contributed by atoms with Crippen LogP contribution in [-0.2, 0) is 32.1 Å². The van der Waals surface area contributed by atoms with Gasteiger partial charge in [-0.25, -0.2) is 0 Å². The van der Waals surface area contributed by atoms with Crippen molar-refractivity contribution in [3.8, 4) is 6.07 Å². The second-order valence-corrected chi connectivity index (χ2v) is 12.3. The van der Waals surface area contributed by atoms with E-state index >= 15 is 0 Å².